The first-order chi connectivity index (χ1) is 29.6. The van der Waals surface area contributed by atoms with Gasteiger partial charge in [0.2, 0.25) is 11.9 Å². The van der Waals surface area contributed by atoms with Crippen molar-refractivity contribution in [1.82, 2.24) is 59.8 Å². The fourth-order valence-corrected chi connectivity index (χ4v) is 7.91. The molecule has 17 nitrogen and oxygen atoms in total. The van der Waals surface area contributed by atoms with Crippen molar-refractivity contribution in [1.29, 1.82) is 0 Å². The first-order valence-corrected chi connectivity index (χ1v) is 20.2. The number of rotatable bonds is 16. The maximum atomic E-state index is 6.20. The summed E-state index contributed by atoms with van der Waals surface area (Å²) in [6.07, 6.45) is 15.2. The fraction of sp³-hybridized carbons (Fsp3) is 0.318. The molecular formula is C44H46N14O3. The molecular weight excluding hydrogens is 773 g/mol. The molecule has 1 aliphatic carbocycles. The van der Waals surface area contributed by atoms with Crippen LogP contribution in [0.4, 0.5) is 11.9 Å². The Balaban J connectivity index is 0.845. The van der Waals surface area contributed by atoms with E-state index >= 15 is 0 Å². The Morgan fingerprint density at radius 1 is 0.705 bits per heavy atom. The Labute approximate surface area is 351 Å². The van der Waals surface area contributed by atoms with Crippen molar-refractivity contribution in [2.45, 2.75) is 57.4 Å². The molecule has 1 fully saturated rings. The van der Waals surface area contributed by atoms with Crippen LogP contribution in [0.5, 0.6) is 0 Å². The summed E-state index contributed by atoms with van der Waals surface area (Å²) in [5.74, 6) is 3.02. The Bertz CT molecular complexity index is 2720. The Morgan fingerprint density at radius 3 is 1.90 bits per heavy atom. The highest BCUT2D eigenvalue weighted by atomic mass is 16.5. The minimum absolute atomic E-state index is 0.0517. The predicted octanol–water partition coefficient (Wildman–Crippen LogP) is 6.56. The molecule has 61 heavy (non-hydrogen) atoms. The second-order valence-corrected chi connectivity index (χ2v) is 16.0. The number of aryl methyl sites for hydroxylation is 1. The van der Waals surface area contributed by atoms with Gasteiger partial charge in [-0.3, -0.25) is 9.36 Å². The van der Waals surface area contributed by atoms with E-state index in [4.69, 9.17) is 35.2 Å². The largest absolute Gasteiger partial charge is 0.380 e. The van der Waals surface area contributed by atoms with Gasteiger partial charge in [-0.1, -0.05) is 65.8 Å². The average molecular weight is 819 g/mol. The molecule has 0 amide bonds. The maximum absolute atomic E-state index is 6.20. The summed E-state index contributed by atoms with van der Waals surface area (Å²) in [5.41, 5.74) is 17.8. The van der Waals surface area contributed by atoms with Gasteiger partial charge < -0.3 is 25.3 Å². The topological polar surface area (TPSA) is 226 Å². The number of hydrogen-bond donors (Lipinski definition) is 2. The van der Waals surface area contributed by atoms with Gasteiger partial charge in [0.1, 0.15) is 5.69 Å². The summed E-state index contributed by atoms with van der Waals surface area (Å²) in [5, 5.41) is 17.8. The third-order valence-corrected chi connectivity index (χ3v) is 12.2. The minimum atomic E-state index is -0.619. The van der Waals surface area contributed by atoms with Crippen molar-refractivity contribution in [2.75, 3.05) is 24.7 Å². The summed E-state index contributed by atoms with van der Waals surface area (Å²) in [7, 11) is 1.84. The molecule has 0 aliphatic heterocycles. The van der Waals surface area contributed by atoms with Crippen LogP contribution >= 0.6 is 0 Å². The molecule has 0 saturated heterocycles. The van der Waals surface area contributed by atoms with Crippen LogP contribution in [-0.2, 0) is 29.2 Å². The van der Waals surface area contributed by atoms with Crippen LogP contribution in [0.15, 0.2) is 107 Å². The van der Waals surface area contributed by atoms with Crippen LogP contribution in [0.25, 0.3) is 45.3 Å². The first kappa shape index (κ1) is 39.3. The van der Waals surface area contributed by atoms with Crippen molar-refractivity contribution in [2.24, 2.45) is 18.9 Å². The highest BCUT2D eigenvalue weighted by Gasteiger charge is 2.47. The molecule has 1 aliphatic rings. The summed E-state index contributed by atoms with van der Waals surface area (Å²) < 4.78 is 21.4. The standard InChI is InChI=1S/C44H46N14O3/c1-27(43(2,39-54-38(61-55-39)36-15-17-51-57(36)4)33-9-5-28(6-10-33)30-21-47-41(45)48-22-30)16-19-59-20-18-58-26-32(25-52-58)37-53-40(56-60-37)44(3,35-13-14-35)34-11-7-29(8-12-34)31-23-49-42(46)50-24-31/h5-12,15,17,21-27,35H,13-14,16,18-20H2,1-4H3,(H2,45,47,48)(H2,46,49,50). The van der Waals surface area contributed by atoms with Crippen molar-refractivity contribution < 1.29 is 13.8 Å². The van der Waals surface area contributed by atoms with Crippen molar-refractivity contribution >= 4 is 11.9 Å². The summed E-state index contributed by atoms with van der Waals surface area (Å²) in [4.78, 5) is 26.4. The molecule has 0 bridgehead atoms. The lowest BCUT2D eigenvalue weighted by molar-refractivity contribution is 0.104. The van der Waals surface area contributed by atoms with E-state index in [0.717, 1.165) is 63.9 Å². The molecule has 1 saturated carbocycles. The Morgan fingerprint density at radius 2 is 1.30 bits per heavy atom. The molecule has 6 aromatic heterocycles. The number of nitrogens with zero attached hydrogens (tertiary/aromatic N) is 12. The molecule has 8 aromatic rings. The predicted molar refractivity (Wildman–Crippen MR) is 226 cm³/mol. The number of anilines is 2. The van der Waals surface area contributed by atoms with Gasteiger partial charge >= 0.3 is 0 Å². The number of benzene rings is 2. The Kier molecular flexibility index (Phi) is 10.4. The van der Waals surface area contributed by atoms with Crippen molar-refractivity contribution in [3.63, 3.8) is 0 Å². The normalized spacial score (nSPS) is 15.3. The molecule has 9 rings (SSSR count). The third kappa shape index (κ3) is 7.75. The van der Waals surface area contributed by atoms with E-state index in [1.807, 2.05) is 36.1 Å². The number of nitrogens with two attached hydrogens (primary N) is 2. The van der Waals surface area contributed by atoms with Gasteiger partial charge in [-0.15, -0.1) is 0 Å². The van der Waals surface area contributed by atoms with Crippen LogP contribution in [0.1, 0.15) is 62.8 Å². The highest BCUT2D eigenvalue weighted by Crippen LogP contribution is 2.51. The molecule has 17 heteroatoms. The van der Waals surface area contributed by atoms with Gasteiger partial charge in [0.15, 0.2) is 11.6 Å². The molecule has 310 valence electrons. The quantitative estimate of drug-likeness (QED) is 0.0985. The van der Waals surface area contributed by atoms with Gasteiger partial charge in [-0.2, -0.15) is 20.2 Å². The summed E-state index contributed by atoms with van der Waals surface area (Å²) >= 11 is 0. The maximum Gasteiger partial charge on any atom is 0.276 e. The van der Waals surface area contributed by atoms with E-state index in [1.54, 1.807) is 41.9 Å². The SMILES string of the molecule is CC(CCOCCn1cc(-c2nc(C(C)(c3ccc(-c4cnc(N)nc4)cc3)C3CC3)no2)cn1)C(C)(c1ccc(-c2cnc(N)nc2)cc1)c1noc(-c2ccnn2C)n1. The molecule has 4 N–H and O–H groups in total. The minimum Gasteiger partial charge on any atom is -0.380 e. The van der Waals surface area contributed by atoms with Gasteiger partial charge in [0.05, 0.1) is 35.7 Å². The van der Waals surface area contributed by atoms with Gasteiger partial charge in [0.25, 0.3) is 11.8 Å². The smallest absolute Gasteiger partial charge is 0.276 e. The number of nitrogen functional groups attached to an aromatic ring is 2. The van der Waals surface area contributed by atoms with Crippen LogP contribution in [0, 0.1) is 11.8 Å². The molecule has 0 spiro atoms. The van der Waals surface area contributed by atoms with Gasteiger partial charge in [0, 0.05) is 62.0 Å². The van der Waals surface area contributed by atoms with Crippen LogP contribution in [-0.4, -0.2) is 73.0 Å². The van der Waals surface area contributed by atoms with Crippen molar-refractivity contribution in [3.8, 4) is 45.3 Å². The van der Waals surface area contributed by atoms with E-state index in [9.17, 15) is 0 Å². The monoisotopic (exact) mass is 818 g/mol. The van der Waals surface area contributed by atoms with E-state index in [0.29, 0.717) is 49.1 Å². The zero-order valence-electron chi connectivity index (χ0n) is 34.4. The molecule has 3 unspecified atom stereocenters. The molecule has 3 atom stereocenters. The lowest BCUT2D eigenvalue weighted by Crippen LogP contribution is -2.34. The van der Waals surface area contributed by atoms with E-state index in [2.05, 4.69) is 97.6 Å². The zero-order valence-corrected chi connectivity index (χ0v) is 34.4. The summed E-state index contributed by atoms with van der Waals surface area (Å²) in [6, 6.07) is 18.5. The number of ether oxygens (including phenoxy) is 1. The lowest BCUT2D eigenvalue weighted by atomic mass is 9.70. The van der Waals surface area contributed by atoms with E-state index < -0.39 is 10.8 Å². The number of hydrogen-bond acceptors (Lipinski definition) is 15. The van der Waals surface area contributed by atoms with Crippen molar-refractivity contribution in [3.05, 3.63) is 121 Å². The molecule has 0 radical (unpaired) electrons. The lowest BCUT2D eigenvalue weighted by Gasteiger charge is -2.33. The zero-order chi connectivity index (χ0) is 42.1. The molecule has 2 aromatic carbocycles. The molecule has 6 heterocycles. The Hall–Kier alpha value is -7.14. The average Bonchev–Trinajstić information content (AvgIpc) is 3.66. The van der Waals surface area contributed by atoms with Gasteiger partial charge in [-0.25, -0.2) is 19.9 Å². The first-order valence-electron chi connectivity index (χ1n) is 20.2. The van der Waals surface area contributed by atoms with Gasteiger partial charge in [-0.05, 0) is 73.3 Å². The second-order valence-electron chi connectivity index (χ2n) is 16.0. The fourth-order valence-electron chi connectivity index (χ4n) is 7.91. The van der Waals surface area contributed by atoms with E-state index in [-0.39, 0.29) is 17.8 Å². The summed E-state index contributed by atoms with van der Waals surface area (Å²) in [6.45, 7) is 8.05. The highest BCUT2D eigenvalue weighted by molar-refractivity contribution is 5.64. The third-order valence-electron chi connectivity index (χ3n) is 12.2. The van der Waals surface area contributed by atoms with Crippen LogP contribution in [0.3, 0.4) is 0 Å². The van der Waals surface area contributed by atoms with Crippen LogP contribution in [0.2, 0.25) is 0 Å². The number of aromatic nitrogens is 12. The van der Waals surface area contributed by atoms with Crippen LogP contribution < -0.4 is 11.5 Å². The second kappa shape index (κ2) is 16.1. The van der Waals surface area contributed by atoms with E-state index in [1.165, 1.54) is 0 Å².